The highest BCUT2D eigenvalue weighted by molar-refractivity contribution is 9.10. The molecule has 2 heterocycles. The van der Waals surface area contributed by atoms with Gasteiger partial charge in [-0.1, -0.05) is 13.8 Å². The summed E-state index contributed by atoms with van der Waals surface area (Å²) < 4.78 is 0.981. The molecule has 0 radical (unpaired) electrons. The predicted molar refractivity (Wildman–Crippen MR) is 81.1 cm³/mol. The Morgan fingerprint density at radius 3 is 2.58 bits per heavy atom. The topological polar surface area (TPSA) is 36.4 Å². The molecular formula is C15H23BrN2O. The molecule has 1 aliphatic heterocycles. The maximum atomic E-state index is 10.7. The van der Waals surface area contributed by atoms with Gasteiger partial charge in [0.25, 0.3) is 0 Å². The molecule has 4 heteroatoms. The summed E-state index contributed by atoms with van der Waals surface area (Å²) in [7, 11) is 0. The van der Waals surface area contributed by atoms with Crippen LogP contribution in [0.1, 0.15) is 32.4 Å². The number of hydrogen-bond donors (Lipinski definition) is 1. The van der Waals surface area contributed by atoms with E-state index in [9.17, 15) is 5.11 Å². The number of halogens is 1. The fourth-order valence-electron chi connectivity index (χ4n) is 2.69. The van der Waals surface area contributed by atoms with Gasteiger partial charge in [-0.05, 0) is 46.8 Å². The molecule has 106 valence electrons. The number of piperidine rings is 1. The maximum Gasteiger partial charge on any atom is 0.0727 e. The van der Waals surface area contributed by atoms with Gasteiger partial charge in [-0.25, -0.2) is 0 Å². The van der Waals surface area contributed by atoms with Crippen molar-refractivity contribution in [1.29, 1.82) is 0 Å². The Morgan fingerprint density at radius 2 is 2.05 bits per heavy atom. The first-order chi connectivity index (χ1) is 8.97. The van der Waals surface area contributed by atoms with Gasteiger partial charge in [-0.15, -0.1) is 0 Å². The second kappa shape index (κ2) is 6.33. The van der Waals surface area contributed by atoms with Crippen molar-refractivity contribution in [2.24, 2.45) is 5.92 Å². The van der Waals surface area contributed by atoms with Crippen molar-refractivity contribution in [3.8, 4) is 0 Å². The van der Waals surface area contributed by atoms with Crippen molar-refractivity contribution in [3.63, 3.8) is 0 Å². The van der Waals surface area contributed by atoms with Gasteiger partial charge < -0.3 is 10.0 Å². The largest absolute Gasteiger partial charge is 0.389 e. The molecule has 0 amide bonds. The third kappa shape index (κ3) is 4.55. The normalized spacial score (nSPS) is 19.8. The van der Waals surface area contributed by atoms with Crippen LogP contribution in [0, 0.1) is 5.92 Å². The van der Waals surface area contributed by atoms with Crippen molar-refractivity contribution in [1.82, 2.24) is 9.88 Å². The summed E-state index contributed by atoms with van der Waals surface area (Å²) in [5.41, 5.74) is 0.400. The fraction of sp³-hybridized carbons (Fsp3) is 0.667. The molecule has 1 aliphatic rings. The van der Waals surface area contributed by atoms with Gasteiger partial charge in [-0.2, -0.15) is 0 Å². The number of likely N-dealkylation sites (tertiary alicyclic amines) is 1. The van der Waals surface area contributed by atoms with Crippen LogP contribution in [0.3, 0.4) is 0 Å². The third-order valence-electron chi connectivity index (χ3n) is 3.71. The van der Waals surface area contributed by atoms with Crippen LogP contribution in [0.2, 0.25) is 0 Å². The smallest absolute Gasteiger partial charge is 0.0727 e. The highest BCUT2D eigenvalue weighted by Gasteiger charge is 2.32. The minimum atomic E-state index is -0.575. The SMILES string of the molecule is CC(C)CN1CCC(O)(Cc2ccc(Br)cn2)CC1. The van der Waals surface area contributed by atoms with Gasteiger partial charge >= 0.3 is 0 Å². The summed E-state index contributed by atoms with van der Waals surface area (Å²) in [5, 5.41) is 10.7. The highest BCUT2D eigenvalue weighted by Crippen LogP contribution is 2.26. The van der Waals surface area contributed by atoms with E-state index in [1.807, 2.05) is 12.1 Å². The lowest BCUT2D eigenvalue weighted by Gasteiger charge is -2.38. The molecule has 0 bridgehead atoms. The molecule has 1 saturated heterocycles. The zero-order valence-electron chi connectivity index (χ0n) is 11.8. The molecule has 0 saturated carbocycles. The lowest BCUT2D eigenvalue weighted by molar-refractivity contribution is -0.0233. The van der Waals surface area contributed by atoms with Crippen LogP contribution in [0.5, 0.6) is 0 Å². The standard InChI is InChI=1S/C15H23BrN2O/c1-12(2)11-18-7-5-15(19,6-8-18)9-14-4-3-13(16)10-17-14/h3-4,10,12,19H,5-9,11H2,1-2H3. The van der Waals surface area contributed by atoms with E-state index in [1.54, 1.807) is 6.20 Å². The maximum absolute atomic E-state index is 10.7. The summed E-state index contributed by atoms with van der Waals surface area (Å²) >= 11 is 3.38. The van der Waals surface area contributed by atoms with Crippen molar-refractivity contribution in [3.05, 3.63) is 28.5 Å². The third-order valence-corrected chi connectivity index (χ3v) is 4.18. The van der Waals surface area contributed by atoms with Crippen LogP contribution in [-0.4, -0.2) is 40.2 Å². The van der Waals surface area contributed by atoms with Crippen molar-refractivity contribution in [2.45, 2.75) is 38.7 Å². The van der Waals surface area contributed by atoms with E-state index in [4.69, 9.17) is 0 Å². The second-order valence-corrected chi connectivity index (χ2v) is 6.98. The summed E-state index contributed by atoms with van der Waals surface area (Å²) in [6.07, 6.45) is 4.15. The molecule has 1 aromatic heterocycles. The predicted octanol–water partition coefficient (Wildman–Crippen LogP) is 2.87. The van der Waals surface area contributed by atoms with Crippen LogP contribution in [0.15, 0.2) is 22.8 Å². The van der Waals surface area contributed by atoms with Gasteiger partial charge in [0, 0.05) is 42.4 Å². The van der Waals surface area contributed by atoms with E-state index in [1.165, 1.54) is 0 Å². The first-order valence-corrected chi connectivity index (χ1v) is 7.81. The highest BCUT2D eigenvalue weighted by atomic mass is 79.9. The lowest BCUT2D eigenvalue weighted by atomic mass is 9.86. The molecule has 0 aromatic carbocycles. The van der Waals surface area contributed by atoms with E-state index in [2.05, 4.69) is 39.7 Å². The van der Waals surface area contributed by atoms with E-state index in [0.717, 1.165) is 42.6 Å². The van der Waals surface area contributed by atoms with Gasteiger partial charge in [0.15, 0.2) is 0 Å². The zero-order chi connectivity index (χ0) is 13.9. The summed E-state index contributed by atoms with van der Waals surface area (Å²) in [6.45, 7) is 7.60. The molecule has 1 fully saturated rings. The molecule has 0 aliphatic carbocycles. The van der Waals surface area contributed by atoms with E-state index in [0.29, 0.717) is 12.3 Å². The Hall–Kier alpha value is -0.450. The first kappa shape index (κ1) is 14.9. The minimum absolute atomic E-state index is 0.575. The second-order valence-electron chi connectivity index (χ2n) is 6.06. The molecule has 3 nitrogen and oxygen atoms in total. The van der Waals surface area contributed by atoms with Crippen LogP contribution in [-0.2, 0) is 6.42 Å². The lowest BCUT2D eigenvalue weighted by Crippen LogP contribution is -2.46. The average molecular weight is 327 g/mol. The Labute approximate surface area is 124 Å². The summed E-state index contributed by atoms with van der Waals surface area (Å²) in [4.78, 5) is 6.82. The van der Waals surface area contributed by atoms with E-state index < -0.39 is 5.60 Å². The Bertz CT molecular complexity index is 397. The van der Waals surface area contributed by atoms with Crippen LogP contribution in [0.4, 0.5) is 0 Å². The molecule has 1 aromatic rings. The van der Waals surface area contributed by atoms with E-state index >= 15 is 0 Å². The molecule has 0 spiro atoms. The Morgan fingerprint density at radius 1 is 1.37 bits per heavy atom. The first-order valence-electron chi connectivity index (χ1n) is 7.02. The van der Waals surface area contributed by atoms with Crippen LogP contribution < -0.4 is 0 Å². The number of nitrogens with zero attached hydrogens (tertiary/aromatic N) is 2. The van der Waals surface area contributed by atoms with Crippen LogP contribution in [0.25, 0.3) is 0 Å². The van der Waals surface area contributed by atoms with Gasteiger partial charge in [0.2, 0.25) is 0 Å². The number of aliphatic hydroxyl groups is 1. The summed E-state index contributed by atoms with van der Waals surface area (Å²) in [5.74, 6) is 0.694. The Kier molecular flexibility index (Phi) is 4.98. The number of pyridine rings is 1. The van der Waals surface area contributed by atoms with Gasteiger partial charge in [0.05, 0.1) is 5.60 Å². The minimum Gasteiger partial charge on any atom is -0.389 e. The van der Waals surface area contributed by atoms with Gasteiger partial charge in [-0.3, -0.25) is 4.98 Å². The molecular weight excluding hydrogens is 304 g/mol. The molecule has 0 atom stereocenters. The molecule has 1 N–H and O–H groups in total. The Balaban J connectivity index is 1.89. The zero-order valence-corrected chi connectivity index (χ0v) is 13.4. The van der Waals surface area contributed by atoms with Gasteiger partial charge in [0.1, 0.15) is 0 Å². The van der Waals surface area contributed by atoms with Crippen molar-refractivity contribution < 1.29 is 5.11 Å². The van der Waals surface area contributed by atoms with Crippen molar-refractivity contribution in [2.75, 3.05) is 19.6 Å². The molecule has 2 rings (SSSR count). The fourth-order valence-corrected chi connectivity index (χ4v) is 2.93. The van der Waals surface area contributed by atoms with Crippen LogP contribution >= 0.6 is 15.9 Å². The quantitative estimate of drug-likeness (QED) is 0.924. The molecule has 0 unspecified atom stereocenters. The summed E-state index contributed by atoms with van der Waals surface area (Å²) in [6, 6.07) is 3.97. The average Bonchev–Trinajstić information content (AvgIpc) is 2.35. The number of aromatic nitrogens is 1. The molecule has 19 heavy (non-hydrogen) atoms. The number of rotatable bonds is 4. The van der Waals surface area contributed by atoms with E-state index in [-0.39, 0.29) is 0 Å². The monoisotopic (exact) mass is 326 g/mol. The van der Waals surface area contributed by atoms with Crippen molar-refractivity contribution >= 4 is 15.9 Å². The number of hydrogen-bond acceptors (Lipinski definition) is 3.